The van der Waals surface area contributed by atoms with E-state index in [1.807, 2.05) is 0 Å². The molecule has 0 aromatic carbocycles. The third-order valence-electron chi connectivity index (χ3n) is 2.82. The van der Waals surface area contributed by atoms with Crippen molar-refractivity contribution in [2.75, 3.05) is 0 Å². The Labute approximate surface area is 83.2 Å². The Bertz CT molecular complexity index is 315. The first-order chi connectivity index (χ1) is 6.81. The summed E-state index contributed by atoms with van der Waals surface area (Å²) in [5.74, 6) is 1.51. The van der Waals surface area contributed by atoms with E-state index in [4.69, 9.17) is 10.2 Å². The lowest BCUT2D eigenvalue weighted by Gasteiger charge is -2.13. The summed E-state index contributed by atoms with van der Waals surface area (Å²) in [5, 5.41) is 7.73. The van der Waals surface area contributed by atoms with Crippen LogP contribution in [0.5, 0.6) is 0 Å². The minimum Gasteiger partial charge on any atom is -0.420 e. The van der Waals surface area contributed by atoms with Crippen molar-refractivity contribution in [3.05, 3.63) is 18.4 Å². The maximum atomic E-state index is 6.04. The first kappa shape index (κ1) is 9.40. The molecule has 2 rings (SSSR count). The van der Waals surface area contributed by atoms with E-state index in [1.165, 1.54) is 31.8 Å². The molecule has 1 aliphatic carbocycles. The fraction of sp³-hybridized carbons (Fsp3) is 0.600. The number of hydrogen-bond acceptors (Lipinski definition) is 4. The van der Waals surface area contributed by atoms with E-state index in [-0.39, 0.29) is 6.04 Å². The van der Waals surface area contributed by atoms with Gasteiger partial charge in [-0.2, -0.15) is 0 Å². The Morgan fingerprint density at radius 1 is 1.43 bits per heavy atom. The summed E-state index contributed by atoms with van der Waals surface area (Å²) in [6.45, 7) is 3.56. The standard InChI is InChI=1S/C10H15N3O/c1-2-8-12-13-10(14-8)9(11)7-5-3-4-6-7/h2,7,9H,1,3-6,11H2/t9-/m0/s1. The minimum atomic E-state index is -0.0984. The molecule has 1 aromatic rings. The van der Waals surface area contributed by atoms with E-state index in [2.05, 4.69) is 16.8 Å². The molecule has 1 aromatic heterocycles. The van der Waals surface area contributed by atoms with E-state index in [0.29, 0.717) is 17.7 Å². The Morgan fingerprint density at radius 3 is 2.71 bits per heavy atom. The minimum absolute atomic E-state index is 0.0984. The van der Waals surface area contributed by atoms with Crippen LogP contribution in [0.1, 0.15) is 43.5 Å². The highest BCUT2D eigenvalue weighted by atomic mass is 16.4. The molecule has 0 amide bonds. The Kier molecular flexibility index (Phi) is 2.63. The van der Waals surface area contributed by atoms with Crippen LogP contribution in [0.3, 0.4) is 0 Å². The van der Waals surface area contributed by atoms with Gasteiger partial charge in [0.2, 0.25) is 11.8 Å². The summed E-state index contributed by atoms with van der Waals surface area (Å²) in [4.78, 5) is 0. The number of nitrogens with two attached hydrogens (primary N) is 1. The summed E-state index contributed by atoms with van der Waals surface area (Å²) >= 11 is 0. The molecule has 76 valence electrons. The van der Waals surface area contributed by atoms with Gasteiger partial charge in [0, 0.05) is 0 Å². The van der Waals surface area contributed by atoms with Crippen LogP contribution < -0.4 is 5.73 Å². The van der Waals surface area contributed by atoms with Gasteiger partial charge in [0.05, 0.1) is 6.04 Å². The average molecular weight is 193 g/mol. The van der Waals surface area contributed by atoms with Crippen LogP contribution in [0.4, 0.5) is 0 Å². The SMILES string of the molecule is C=Cc1nnc([C@@H](N)C2CCCC2)o1. The normalized spacial score (nSPS) is 19.8. The topological polar surface area (TPSA) is 64.9 Å². The molecule has 0 spiro atoms. The number of rotatable bonds is 3. The molecular formula is C10H15N3O. The zero-order chi connectivity index (χ0) is 9.97. The van der Waals surface area contributed by atoms with Crippen LogP contribution in [-0.2, 0) is 0 Å². The van der Waals surface area contributed by atoms with Crippen molar-refractivity contribution in [2.24, 2.45) is 11.7 Å². The van der Waals surface area contributed by atoms with Crippen molar-refractivity contribution in [3.63, 3.8) is 0 Å². The second kappa shape index (κ2) is 3.92. The predicted octanol–water partition coefficient (Wildman–Crippen LogP) is 1.90. The molecule has 4 heteroatoms. The molecule has 0 saturated heterocycles. The smallest absolute Gasteiger partial charge is 0.240 e. The largest absolute Gasteiger partial charge is 0.420 e. The lowest BCUT2D eigenvalue weighted by molar-refractivity contribution is 0.355. The van der Waals surface area contributed by atoms with Crippen LogP contribution in [0, 0.1) is 5.92 Å². The van der Waals surface area contributed by atoms with E-state index in [9.17, 15) is 0 Å². The van der Waals surface area contributed by atoms with Crippen LogP contribution in [-0.4, -0.2) is 10.2 Å². The van der Waals surface area contributed by atoms with Gasteiger partial charge in [0.25, 0.3) is 0 Å². The predicted molar refractivity (Wildman–Crippen MR) is 53.3 cm³/mol. The molecule has 4 nitrogen and oxygen atoms in total. The molecule has 1 saturated carbocycles. The molecule has 1 atom stereocenters. The fourth-order valence-corrected chi connectivity index (χ4v) is 1.98. The van der Waals surface area contributed by atoms with Crippen molar-refractivity contribution >= 4 is 6.08 Å². The van der Waals surface area contributed by atoms with Crippen molar-refractivity contribution in [1.82, 2.24) is 10.2 Å². The summed E-state index contributed by atoms with van der Waals surface area (Å²) in [6.07, 6.45) is 6.42. The average Bonchev–Trinajstić information content (AvgIpc) is 2.88. The van der Waals surface area contributed by atoms with Crippen molar-refractivity contribution in [3.8, 4) is 0 Å². The second-order valence-electron chi connectivity index (χ2n) is 3.75. The van der Waals surface area contributed by atoms with Gasteiger partial charge in [-0.3, -0.25) is 0 Å². The van der Waals surface area contributed by atoms with Crippen LogP contribution in [0.25, 0.3) is 6.08 Å². The highest BCUT2D eigenvalue weighted by molar-refractivity contribution is 5.32. The summed E-state index contributed by atoms with van der Waals surface area (Å²) in [6, 6.07) is -0.0984. The van der Waals surface area contributed by atoms with E-state index in [1.54, 1.807) is 0 Å². The maximum Gasteiger partial charge on any atom is 0.240 e. The summed E-state index contributed by atoms with van der Waals surface area (Å²) in [5.41, 5.74) is 6.04. The van der Waals surface area contributed by atoms with Crippen LogP contribution in [0.2, 0.25) is 0 Å². The Hall–Kier alpha value is -1.16. The van der Waals surface area contributed by atoms with E-state index in [0.717, 1.165) is 0 Å². The molecule has 0 radical (unpaired) electrons. The Morgan fingerprint density at radius 2 is 2.14 bits per heavy atom. The molecule has 14 heavy (non-hydrogen) atoms. The molecule has 0 aliphatic heterocycles. The molecule has 1 aliphatic rings. The number of hydrogen-bond donors (Lipinski definition) is 1. The lowest BCUT2D eigenvalue weighted by atomic mass is 9.99. The molecule has 0 bridgehead atoms. The van der Waals surface area contributed by atoms with Gasteiger partial charge in [-0.1, -0.05) is 19.4 Å². The molecule has 0 unspecified atom stereocenters. The van der Waals surface area contributed by atoms with E-state index < -0.39 is 0 Å². The number of nitrogens with zero attached hydrogens (tertiary/aromatic N) is 2. The van der Waals surface area contributed by atoms with Gasteiger partial charge in [0.15, 0.2) is 0 Å². The first-order valence-corrected chi connectivity index (χ1v) is 5.02. The van der Waals surface area contributed by atoms with Gasteiger partial charge in [-0.15, -0.1) is 10.2 Å². The van der Waals surface area contributed by atoms with Gasteiger partial charge >= 0.3 is 0 Å². The lowest BCUT2D eigenvalue weighted by Crippen LogP contribution is -2.19. The quantitative estimate of drug-likeness (QED) is 0.796. The zero-order valence-corrected chi connectivity index (χ0v) is 8.15. The number of aromatic nitrogens is 2. The monoisotopic (exact) mass is 193 g/mol. The maximum absolute atomic E-state index is 6.04. The molecule has 1 fully saturated rings. The second-order valence-corrected chi connectivity index (χ2v) is 3.75. The first-order valence-electron chi connectivity index (χ1n) is 5.02. The third kappa shape index (κ3) is 1.70. The van der Waals surface area contributed by atoms with Gasteiger partial charge < -0.3 is 10.2 Å². The highest BCUT2D eigenvalue weighted by Crippen LogP contribution is 2.33. The van der Waals surface area contributed by atoms with Crippen LogP contribution in [0.15, 0.2) is 11.0 Å². The van der Waals surface area contributed by atoms with Crippen molar-refractivity contribution in [1.29, 1.82) is 0 Å². The van der Waals surface area contributed by atoms with Gasteiger partial charge in [-0.05, 0) is 24.8 Å². The summed E-state index contributed by atoms with van der Waals surface area (Å²) in [7, 11) is 0. The van der Waals surface area contributed by atoms with E-state index >= 15 is 0 Å². The zero-order valence-electron chi connectivity index (χ0n) is 8.15. The highest BCUT2D eigenvalue weighted by Gasteiger charge is 2.26. The molecule has 2 N–H and O–H groups in total. The van der Waals surface area contributed by atoms with Crippen molar-refractivity contribution < 1.29 is 4.42 Å². The third-order valence-corrected chi connectivity index (χ3v) is 2.82. The van der Waals surface area contributed by atoms with Crippen molar-refractivity contribution in [2.45, 2.75) is 31.7 Å². The fourth-order valence-electron chi connectivity index (χ4n) is 1.98. The molecular weight excluding hydrogens is 178 g/mol. The van der Waals surface area contributed by atoms with Gasteiger partial charge in [-0.25, -0.2) is 0 Å². The molecule has 1 heterocycles. The van der Waals surface area contributed by atoms with Gasteiger partial charge in [0.1, 0.15) is 0 Å². The summed E-state index contributed by atoms with van der Waals surface area (Å²) < 4.78 is 5.34. The van der Waals surface area contributed by atoms with Crippen LogP contribution >= 0.6 is 0 Å². The Balaban J connectivity index is 2.09.